The average molecular weight is 283 g/mol. The Hall–Kier alpha value is -1.14. The van der Waals surface area contributed by atoms with Crippen molar-refractivity contribution in [3.05, 3.63) is 0 Å². The van der Waals surface area contributed by atoms with Gasteiger partial charge in [0.15, 0.2) is 0 Å². The van der Waals surface area contributed by atoms with E-state index in [-0.39, 0.29) is 5.91 Å². The van der Waals surface area contributed by atoms with Gasteiger partial charge in [0.1, 0.15) is 6.04 Å². The molecular weight excluding hydrogens is 258 g/mol. The van der Waals surface area contributed by atoms with Crippen LogP contribution in [0.5, 0.6) is 0 Å². The maximum absolute atomic E-state index is 12.3. The molecule has 2 saturated heterocycles. The van der Waals surface area contributed by atoms with E-state index in [2.05, 4.69) is 16.7 Å². The molecule has 0 spiro atoms. The number of likely N-dealkylation sites (N-methyl/N-ethyl adjacent to an activating group) is 1. The number of aliphatic carboxylic acids is 1. The highest BCUT2D eigenvalue weighted by Crippen LogP contribution is 2.17. The summed E-state index contributed by atoms with van der Waals surface area (Å²) in [7, 11) is 0. The number of hydrogen-bond donors (Lipinski definition) is 1. The zero-order valence-corrected chi connectivity index (χ0v) is 12.3. The summed E-state index contributed by atoms with van der Waals surface area (Å²) in [5, 5.41) is 9.22. The molecule has 1 atom stereocenters. The first-order chi connectivity index (χ1) is 9.61. The van der Waals surface area contributed by atoms with Crippen molar-refractivity contribution >= 4 is 11.9 Å². The van der Waals surface area contributed by atoms with E-state index < -0.39 is 12.0 Å². The fraction of sp³-hybridized carbons (Fsp3) is 0.857. The van der Waals surface area contributed by atoms with Crippen LogP contribution < -0.4 is 0 Å². The largest absolute Gasteiger partial charge is 0.480 e. The third kappa shape index (κ3) is 3.70. The van der Waals surface area contributed by atoms with Crippen LogP contribution in [0.3, 0.4) is 0 Å². The van der Waals surface area contributed by atoms with Crippen LogP contribution in [0.25, 0.3) is 0 Å². The number of rotatable bonds is 4. The van der Waals surface area contributed by atoms with Crippen LogP contribution in [0.1, 0.15) is 26.2 Å². The van der Waals surface area contributed by atoms with Gasteiger partial charge in [-0.25, -0.2) is 4.79 Å². The summed E-state index contributed by atoms with van der Waals surface area (Å²) in [5.74, 6) is -0.893. The van der Waals surface area contributed by atoms with Crippen molar-refractivity contribution in [1.82, 2.24) is 14.7 Å². The van der Waals surface area contributed by atoms with Crippen LogP contribution in [0.4, 0.5) is 0 Å². The summed E-state index contributed by atoms with van der Waals surface area (Å²) in [4.78, 5) is 29.6. The lowest BCUT2D eigenvalue weighted by atomic mass is 10.0. The van der Waals surface area contributed by atoms with Gasteiger partial charge in [0.2, 0.25) is 5.91 Å². The molecule has 2 aliphatic rings. The zero-order valence-electron chi connectivity index (χ0n) is 12.3. The molecule has 0 aromatic rings. The third-order valence-electron chi connectivity index (χ3n) is 4.38. The highest BCUT2D eigenvalue weighted by atomic mass is 16.4. The highest BCUT2D eigenvalue weighted by molar-refractivity contribution is 5.85. The van der Waals surface area contributed by atoms with E-state index in [9.17, 15) is 14.7 Å². The lowest BCUT2D eigenvalue weighted by Gasteiger charge is -2.37. The van der Waals surface area contributed by atoms with Gasteiger partial charge in [-0.15, -0.1) is 0 Å². The summed E-state index contributed by atoms with van der Waals surface area (Å²) < 4.78 is 0. The number of piperazine rings is 1. The van der Waals surface area contributed by atoms with E-state index in [1.807, 2.05) is 0 Å². The van der Waals surface area contributed by atoms with Crippen molar-refractivity contribution in [2.24, 2.45) is 0 Å². The lowest BCUT2D eigenvalue weighted by Crippen LogP contribution is -2.54. The minimum atomic E-state index is -0.867. The number of hydrogen-bond acceptors (Lipinski definition) is 4. The molecule has 0 aromatic heterocycles. The summed E-state index contributed by atoms with van der Waals surface area (Å²) in [6, 6.07) is -0.617. The summed E-state index contributed by atoms with van der Waals surface area (Å²) in [6.45, 7) is 7.92. The first-order valence-electron chi connectivity index (χ1n) is 7.58. The molecular formula is C14H25N3O3. The second-order valence-electron chi connectivity index (χ2n) is 5.65. The van der Waals surface area contributed by atoms with E-state index >= 15 is 0 Å². The average Bonchev–Trinajstić information content (AvgIpc) is 2.48. The van der Waals surface area contributed by atoms with Gasteiger partial charge < -0.3 is 14.9 Å². The van der Waals surface area contributed by atoms with Crippen LogP contribution in [0.15, 0.2) is 0 Å². The molecule has 0 radical (unpaired) electrons. The summed E-state index contributed by atoms with van der Waals surface area (Å²) in [5.41, 5.74) is 0. The Bertz CT molecular complexity index is 354. The SMILES string of the molecule is CCN1CCN(CC(=O)N2CCCCC2C(=O)O)CC1. The molecule has 2 rings (SSSR count). The zero-order chi connectivity index (χ0) is 14.5. The molecule has 6 nitrogen and oxygen atoms in total. The molecule has 1 N–H and O–H groups in total. The van der Waals surface area contributed by atoms with Crippen LogP contribution in [0, 0.1) is 0 Å². The molecule has 114 valence electrons. The van der Waals surface area contributed by atoms with E-state index in [4.69, 9.17) is 0 Å². The van der Waals surface area contributed by atoms with Gasteiger partial charge in [0.05, 0.1) is 6.54 Å². The van der Waals surface area contributed by atoms with Crippen molar-refractivity contribution in [2.45, 2.75) is 32.2 Å². The van der Waals surface area contributed by atoms with Crippen LogP contribution in [-0.4, -0.2) is 83.5 Å². The maximum Gasteiger partial charge on any atom is 0.326 e. The Morgan fingerprint density at radius 1 is 1.05 bits per heavy atom. The molecule has 0 aliphatic carbocycles. The number of carboxylic acids is 1. The van der Waals surface area contributed by atoms with Gasteiger partial charge in [-0.2, -0.15) is 0 Å². The molecule has 2 aliphatic heterocycles. The Morgan fingerprint density at radius 3 is 2.30 bits per heavy atom. The van der Waals surface area contributed by atoms with Crippen molar-refractivity contribution in [3.8, 4) is 0 Å². The molecule has 1 unspecified atom stereocenters. The fourth-order valence-electron chi connectivity index (χ4n) is 3.03. The van der Waals surface area contributed by atoms with Crippen molar-refractivity contribution in [3.63, 3.8) is 0 Å². The molecule has 6 heteroatoms. The van der Waals surface area contributed by atoms with Gasteiger partial charge in [-0.05, 0) is 25.8 Å². The van der Waals surface area contributed by atoms with E-state index in [0.717, 1.165) is 45.6 Å². The first-order valence-corrected chi connectivity index (χ1v) is 7.58. The molecule has 0 aromatic carbocycles. The van der Waals surface area contributed by atoms with Gasteiger partial charge in [0, 0.05) is 32.7 Å². The number of likely N-dealkylation sites (tertiary alicyclic amines) is 1. The quantitative estimate of drug-likeness (QED) is 0.792. The van der Waals surface area contributed by atoms with Crippen molar-refractivity contribution in [2.75, 3.05) is 45.8 Å². The second kappa shape index (κ2) is 7.04. The first kappa shape index (κ1) is 15.3. The van der Waals surface area contributed by atoms with Crippen LogP contribution in [0.2, 0.25) is 0 Å². The molecule has 0 saturated carbocycles. The summed E-state index contributed by atoms with van der Waals surface area (Å²) >= 11 is 0. The predicted molar refractivity (Wildman–Crippen MR) is 75.5 cm³/mol. The van der Waals surface area contributed by atoms with Crippen molar-refractivity contribution in [1.29, 1.82) is 0 Å². The number of carboxylic acid groups (broad SMARTS) is 1. The smallest absolute Gasteiger partial charge is 0.326 e. The minimum absolute atomic E-state index is 0.0259. The number of carbonyl (C=O) groups is 2. The standard InChI is InChI=1S/C14H25N3O3/c1-2-15-7-9-16(10-8-15)11-13(18)17-6-4-3-5-12(17)14(19)20/h12H,2-11H2,1H3,(H,19,20). The Kier molecular flexibility index (Phi) is 5.37. The monoisotopic (exact) mass is 283 g/mol. The Labute approximate surface area is 120 Å². The number of piperidine rings is 1. The Balaban J connectivity index is 1.86. The van der Waals surface area contributed by atoms with Gasteiger partial charge in [0.25, 0.3) is 0 Å². The highest BCUT2D eigenvalue weighted by Gasteiger charge is 2.32. The van der Waals surface area contributed by atoms with Gasteiger partial charge in [-0.3, -0.25) is 9.69 Å². The van der Waals surface area contributed by atoms with Crippen LogP contribution in [-0.2, 0) is 9.59 Å². The second-order valence-corrected chi connectivity index (χ2v) is 5.65. The molecule has 1 amide bonds. The normalized spacial score (nSPS) is 25.6. The molecule has 2 fully saturated rings. The number of carbonyl (C=O) groups excluding carboxylic acids is 1. The number of amides is 1. The van der Waals surface area contributed by atoms with Crippen molar-refractivity contribution < 1.29 is 14.7 Å². The fourth-order valence-corrected chi connectivity index (χ4v) is 3.03. The molecule has 0 bridgehead atoms. The van der Waals surface area contributed by atoms with Crippen LogP contribution >= 0.6 is 0 Å². The molecule has 2 heterocycles. The van der Waals surface area contributed by atoms with E-state index in [1.54, 1.807) is 4.90 Å². The van der Waals surface area contributed by atoms with Gasteiger partial charge in [-0.1, -0.05) is 6.92 Å². The Morgan fingerprint density at radius 2 is 1.70 bits per heavy atom. The number of nitrogens with zero attached hydrogens (tertiary/aromatic N) is 3. The maximum atomic E-state index is 12.3. The lowest BCUT2D eigenvalue weighted by molar-refractivity contribution is -0.152. The minimum Gasteiger partial charge on any atom is -0.480 e. The third-order valence-corrected chi connectivity index (χ3v) is 4.38. The van der Waals surface area contributed by atoms with Gasteiger partial charge >= 0.3 is 5.97 Å². The topological polar surface area (TPSA) is 64.1 Å². The summed E-state index contributed by atoms with van der Waals surface area (Å²) in [6.07, 6.45) is 2.40. The predicted octanol–water partition coefficient (Wildman–Crippen LogP) is 0.0896. The van der Waals surface area contributed by atoms with E-state index in [0.29, 0.717) is 19.5 Å². The molecule has 20 heavy (non-hydrogen) atoms. The van der Waals surface area contributed by atoms with E-state index in [1.165, 1.54) is 0 Å².